The summed E-state index contributed by atoms with van der Waals surface area (Å²) in [6.45, 7) is 11.4. The Labute approximate surface area is 179 Å². The maximum absolute atomic E-state index is 11.0. The molecule has 2 rings (SSSR count). The van der Waals surface area contributed by atoms with Crippen molar-refractivity contribution < 1.29 is 29.7 Å². The lowest BCUT2D eigenvalue weighted by Crippen LogP contribution is -2.20. The molecule has 0 aliphatic carbocycles. The molecule has 2 aromatic heterocycles. The highest BCUT2D eigenvalue weighted by Crippen LogP contribution is 2.26. The molecule has 31 heavy (non-hydrogen) atoms. The maximum Gasteiger partial charge on any atom is 0.340 e. The third kappa shape index (κ3) is 6.66. The van der Waals surface area contributed by atoms with Crippen LogP contribution in [0.25, 0.3) is 0 Å². The second-order valence-electron chi connectivity index (χ2n) is 8.90. The largest absolute Gasteiger partial charge is 0.478 e. The molecule has 168 valence electrons. The number of hydrogen-bond acceptors (Lipinski definition) is 7. The fourth-order valence-electron chi connectivity index (χ4n) is 2.40. The van der Waals surface area contributed by atoms with E-state index in [0.29, 0.717) is 11.4 Å². The number of rotatable bonds is 3. The number of nitrogens with two attached hydrogens (primary N) is 2. The summed E-state index contributed by atoms with van der Waals surface area (Å²) >= 11 is 0. The molecular formula is C21H28N4O6. The summed E-state index contributed by atoms with van der Waals surface area (Å²) in [5.74, 6) is -3.74. The van der Waals surface area contributed by atoms with Crippen molar-refractivity contribution in [3.63, 3.8) is 0 Å². The van der Waals surface area contributed by atoms with Crippen molar-refractivity contribution in [2.75, 3.05) is 11.5 Å². The predicted octanol–water partition coefficient (Wildman–Crippen LogP) is 3.02. The van der Waals surface area contributed by atoms with Gasteiger partial charge in [0.15, 0.2) is 0 Å². The molecule has 0 fully saturated rings. The lowest BCUT2D eigenvalue weighted by atomic mass is 9.90. The zero-order valence-electron chi connectivity index (χ0n) is 18.3. The molecule has 0 saturated carbocycles. The van der Waals surface area contributed by atoms with Crippen LogP contribution in [0.4, 0.5) is 11.6 Å². The quantitative estimate of drug-likeness (QED) is 0.482. The van der Waals surface area contributed by atoms with E-state index in [1.54, 1.807) is 6.07 Å². The number of aromatic nitrogens is 2. The van der Waals surface area contributed by atoms with Crippen molar-refractivity contribution in [2.45, 2.75) is 52.4 Å². The van der Waals surface area contributed by atoms with Crippen LogP contribution in [0.15, 0.2) is 18.2 Å². The Balaban J connectivity index is 0.000000316. The fourth-order valence-corrected chi connectivity index (χ4v) is 2.40. The highest BCUT2D eigenvalue weighted by Gasteiger charge is 2.25. The first kappa shape index (κ1) is 25.3. The van der Waals surface area contributed by atoms with E-state index in [4.69, 9.17) is 26.8 Å². The minimum absolute atomic E-state index is 0.183. The summed E-state index contributed by atoms with van der Waals surface area (Å²) in [6.07, 6.45) is 0. The number of nitrogens with zero attached hydrogens (tertiary/aromatic N) is 2. The van der Waals surface area contributed by atoms with Gasteiger partial charge in [-0.05, 0) is 18.2 Å². The molecule has 0 radical (unpaired) electrons. The summed E-state index contributed by atoms with van der Waals surface area (Å²) in [6, 6.07) is 4.17. The van der Waals surface area contributed by atoms with E-state index in [0.717, 1.165) is 0 Å². The average molecular weight is 432 g/mol. The summed E-state index contributed by atoms with van der Waals surface area (Å²) in [5.41, 5.74) is 10.9. The van der Waals surface area contributed by atoms with Crippen LogP contribution in [0, 0.1) is 0 Å². The van der Waals surface area contributed by atoms with Crippen LogP contribution in [0.1, 0.15) is 84.0 Å². The molecule has 0 aliphatic heterocycles. The van der Waals surface area contributed by atoms with Crippen molar-refractivity contribution in [2.24, 2.45) is 0 Å². The lowest BCUT2D eigenvalue weighted by Gasteiger charge is -2.19. The Kier molecular flexibility index (Phi) is 7.35. The Hall–Kier alpha value is -3.69. The smallest absolute Gasteiger partial charge is 0.340 e. The van der Waals surface area contributed by atoms with Gasteiger partial charge in [0.1, 0.15) is 17.2 Å². The van der Waals surface area contributed by atoms with Gasteiger partial charge in [0.05, 0.1) is 11.1 Å². The lowest BCUT2D eigenvalue weighted by molar-refractivity contribution is 0.0651. The molecule has 0 spiro atoms. The maximum atomic E-state index is 11.0. The topological polar surface area (TPSA) is 190 Å². The summed E-state index contributed by atoms with van der Waals surface area (Å²) < 4.78 is 0. The Morgan fingerprint density at radius 1 is 0.742 bits per heavy atom. The summed E-state index contributed by atoms with van der Waals surface area (Å²) in [4.78, 5) is 40.7. The molecule has 10 nitrogen and oxygen atoms in total. The molecule has 0 atom stereocenters. The standard InChI is InChI=1S/C11H14N2O4.C10H14N2O2/c1-11(2,3)6-4-5(9(14)15)7(10(16)17)8(12)13-6;1-10(2,3)7-4-6(9(13)14)5-8(11)12-7/h4H,1-3H3,(H2,12,13)(H,14,15)(H,16,17);4-5H,1-3H3,(H2,11,12)(H,13,14). The second-order valence-corrected chi connectivity index (χ2v) is 8.90. The van der Waals surface area contributed by atoms with Crippen LogP contribution in [0.2, 0.25) is 0 Å². The highest BCUT2D eigenvalue weighted by atomic mass is 16.4. The van der Waals surface area contributed by atoms with E-state index in [1.807, 2.05) is 41.5 Å². The van der Waals surface area contributed by atoms with E-state index in [2.05, 4.69) is 9.97 Å². The van der Waals surface area contributed by atoms with Gasteiger partial charge in [-0.15, -0.1) is 0 Å². The molecule has 2 aromatic rings. The molecule has 0 aliphatic rings. The van der Waals surface area contributed by atoms with Crippen LogP contribution >= 0.6 is 0 Å². The SMILES string of the molecule is CC(C)(C)c1cc(C(=O)O)c(C(=O)O)c(N)n1.CC(C)(C)c1cc(C(=O)O)cc(N)n1. The predicted molar refractivity (Wildman–Crippen MR) is 116 cm³/mol. The minimum atomic E-state index is -1.40. The van der Waals surface area contributed by atoms with Crippen molar-refractivity contribution in [1.29, 1.82) is 0 Å². The number of hydrogen-bond donors (Lipinski definition) is 5. The number of aromatic carboxylic acids is 3. The normalized spacial score (nSPS) is 11.3. The van der Waals surface area contributed by atoms with Gasteiger partial charge >= 0.3 is 17.9 Å². The first-order chi connectivity index (χ1) is 13.9. The van der Waals surface area contributed by atoms with Crippen LogP contribution in [0.3, 0.4) is 0 Å². The van der Waals surface area contributed by atoms with E-state index in [1.165, 1.54) is 12.1 Å². The van der Waals surface area contributed by atoms with Crippen molar-refractivity contribution >= 4 is 29.5 Å². The molecule has 10 heteroatoms. The number of carboxylic acids is 3. The molecule has 0 aromatic carbocycles. The molecular weight excluding hydrogens is 404 g/mol. The molecule has 7 N–H and O–H groups in total. The molecule has 2 heterocycles. The molecule has 0 amide bonds. The van der Waals surface area contributed by atoms with E-state index < -0.39 is 28.9 Å². The number of anilines is 2. The average Bonchev–Trinajstić information content (AvgIpc) is 2.59. The summed E-state index contributed by atoms with van der Waals surface area (Å²) in [7, 11) is 0. The third-order valence-corrected chi connectivity index (χ3v) is 4.12. The Morgan fingerprint density at radius 3 is 1.61 bits per heavy atom. The van der Waals surface area contributed by atoms with E-state index >= 15 is 0 Å². The molecule has 0 unspecified atom stereocenters. The van der Waals surface area contributed by atoms with Gasteiger partial charge in [0.25, 0.3) is 0 Å². The highest BCUT2D eigenvalue weighted by molar-refractivity contribution is 6.04. The summed E-state index contributed by atoms with van der Waals surface area (Å²) in [5, 5.41) is 26.7. The number of pyridine rings is 2. The van der Waals surface area contributed by atoms with Crippen LogP contribution in [-0.4, -0.2) is 43.2 Å². The van der Waals surface area contributed by atoms with Crippen molar-refractivity contribution in [3.8, 4) is 0 Å². The van der Waals surface area contributed by atoms with E-state index in [9.17, 15) is 14.4 Å². The van der Waals surface area contributed by atoms with Gasteiger partial charge in [0, 0.05) is 22.2 Å². The third-order valence-electron chi connectivity index (χ3n) is 4.12. The Morgan fingerprint density at radius 2 is 1.23 bits per heavy atom. The zero-order chi connectivity index (χ0) is 24.3. The van der Waals surface area contributed by atoms with Crippen molar-refractivity contribution in [3.05, 3.63) is 46.3 Å². The first-order valence-corrected chi connectivity index (χ1v) is 9.24. The van der Waals surface area contributed by atoms with Crippen LogP contribution in [0.5, 0.6) is 0 Å². The van der Waals surface area contributed by atoms with Gasteiger partial charge in [-0.2, -0.15) is 0 Å². The first-order valence-electron chi connectivity index (χ1n) is 9.24. The van der Waals surface area contributed by atoms with E-state index in [-0.39, 0.29) is 28.2 Å². The van der Waals surface area contributed by atoms with Gasteiger partial charge < -0.3 is 26.8 Å². The van der Waals surface area contributed by atoms with Crippen LogP contribution in [-0.2, 0) is 10.8 Å². The zero-order valence-corrected chi connectivity index (χ0v) is 18.3. The molecule has 0 bridgehead atoms. The molecule has 0 saturated heterocycles. The van der Waals surface area contributed by atoms with Gasteiger partial charge in [-0.25, -0.2) is 24.4 Å². The monoisotopic (exact) mass is 432 g/mol. The number of carbonyl (C=O) groups is 3. The van der Waals surface area contributed by atoms with Crippen molar-refractivity contribution in [1.82, 2.24) is 9.97 Å². The number of carboxylic acid groups (broad SMARTS) is 3. The van der Waals surface area contributed by atoms with Gasteiger partial charge in [0.2, 0.25) is 0 Å². The van der Waals surface area contributed by atoms with Gasteiger partial charge in [-0.1, -0.05) is 41.5 Å². The minimum Gasteiger partial charge on any atom is -0.478 e. The second kappa shape index (κ2) is 8.99. The number of nitrogen functional groups attached to an aromatic ring is 2. The van der Waals surface area contributed by atoms with Gasteiger partial charge in [-0.3, -0.25) is 0 Å². The Bertz CT molecular complexity index is 1020. The fraction of sp³-hybridized carbons (Fsp3) is 0.381. The van der Waals surface area contributed by atoms with Crippen LogP contribution < -0.4 is 11.5 Å².